The molecule has 0 amide bonds. The standard InChI is InChI=1S/C24H43N3O2/c1-4-5-18-17(11-15-29-3)6-7-20-19(18)10-12-24(2)21(20)8-9-22(24)23(28)16-27(26)14-13-25/h13-14,17-22H,4-12,15-16,25-26H2,1-3H3/b14-13-. The lowest BCUT2D eigenvalue weighted by molar-refractivity contribution is -0.130. The maximum Gasteiger partial charge on any atom is 0.157 e. The third-order valence-electron chi connectivity index (χ3n) is 8.84. The highest BCUT2D eigenvalue weighted by atomic mass is 16.5. The number of methoxy groups -OCH3 is 1. The number of hydrogen-bond acceptors (Lipinski definition) is 5. The highest BCUT2D eigenvalue weighted by Crippen LogP contribution is 2.63. The molecule has 29 heavy (non-hydrogen) atoms. The molecule has 3 saturated carbocycles. The zero-order chi connectivity index (χ0) is 21.0. The summed E-state index contributed by atoms with van der Waals surface area (Å²) in [6, 6.07) is 0. The van der Waals surface area contributed by atoms with E-state index in [1.54, 1.807) is 6.20 Å². The fourth-order valence-corrected chi connectivity index (χ4v) is 7.63. The molecule has 3 rings (SSSR count). The summed E-state index contributed by atoms with van der Waals surface area (Å²) < 4.78 is 5.42. The molecule has 0 aromatic rings. The quantitative estimate of drug-likeness (QED) is 0.446. The molecule has 0 radical (unpaired) electrons. The van der Waals surface area contributed by atoms with Gasteiger partial charge in [0, 0.05) is 32.0 Å². The SMILES string of the molecule is CCCC1C(CCOC)CCC2C1CCC1(C)C(C(=O)CN(N)/C=C\N)CCC21. The lowest BCUT2D eigenvalue weighted by atomic mass is 9.50. The first-order valence-electron chi connectivity index (χ1n) is 11.9. The van der Waals surface area contributed by atoms with Crippen molar-refractivity contribution < 1.29 is 9.53 Å². The fraction of sp³-hybridized carbons (Fsp3) is 0.875. The van der Waals surface area contributed by atoms with Crippen molar-refractivity contribution in [1.82, 2.24) is 5.01 Å². The molecule has 0 aromatic heterocycles. The normalized spacial score (nSPS) is 39.3. The number of ketones is 1. The molecular weight excluding hydrogens is 362 g/mol. The van der Waals surface area contributed by atoms with Gasteiger partial charge in [0.1, 0.15) is 0 Å². The van der Waals surface area contributed by atoms with Gasteiger partial charge in [0.25, 0.3) is 0 Å². The molecule has 5 nitrogen and oxygen atoms in total. The summed E-state index contributed by atoms with van der Waals surface area (Å²) in [6.45, 7) is 5.91. The summed E-state index contributed by atoms with van der Waals surface area (Å²) in [5.74, 6) is 10.4. The molecule has 7 unspecified atom stereocenters. The first-order chi connectivity index (χ1) is 14.0. The van der Waals surface area contributed by atoms with Crippen LogP contribution >= 0.6 is 0 Å². The molecule has 4 N–H and O–H groups in total. The Morgan fingerprint density at radius 2 is 1.97 bits per heavy atom. The van der Waals surface area contributed by atoms with Crippen molar-refractivity contribution in [2.75, 3.05) is 20.3 Å². The molecule has 5 heteroatoms. The summed E-state index contributed by atoms with van der Waals surface area (Å²) in [7, 11) is 1.83. The topological polar surface area (TPSA) is 81.6 Å². The second kappa shape index (κ2) is 9.82. The van der Waals surface area contributed by atoms with E-state index in [2.05, 4.69) is 13.8 Å². The highest BCUT2D eigenvalue weighted by Gasteiger charge is 2.57. The Labute approximate surface area is 177 Å². The number of carbonyl (C=O) groups is 1. The first kappa shape index (κ1) is 22.6. The monoisotopic (exact) mass is 405 g/mol. The van der Waals surface area contributed by atoms with E-state index in [-0.39, 0.29) is 17.9 Å². The van der Waals surface area contributed by atoms with Crippen molar-refractivity contribution in [3.63, 3.8) is 0 Å². The van der Waals surface area contributed by atoms with E-state index in [1.807, 2.05) is 7.11 Å². The second-order valence-electron chi connectivity index (χ2n) is 10.2. The van der Waals surface area contributed by atoms with Crippen LogP contribution in [0.15, 0.2) is 12.4 Å². The van der Waals surface area contributed by atoms with E-state index in [0.29, 0.717) is 11.7 Å². The van der Waals surface area contributed by atoms with Gasteiger partial charge in [0.15, 0.2) is 5.78 Å². The van der Waals surface area contributed by atoms with Gasteiger partial charge in [-0.25, -0.2) is 5.84 Å². The van der Waals surface area contributed by atoms with Crippen LogP contribution in [0.2, 0.25) is 0 Å². The zero-order valence-corrected chi connectivity index (χ0v) is 18.8. The van der Waals surface area contributed by atoms with Crippen molar-refractivity contribution in [1.29, 1.82) is 0 Å². The molecule has 3 aliphatic rings. The molecule has 0 spiro atoms. The molecule has 0 saturated heterocycles. The molecule has 3 fully saturated rings. The predicted molar refractivity (Wildman–Crippen MR) is 117 cm³/mol. The molecular formula is C24H43N3O2. The van der Waals surface area contributed by atoms with Gasteiger partial charge in [-0.3, -0.25) is 4.79 Å². The summed E-state index contributed by atoms with van der Waals surface area (Å²) in [4.78, 5) is 13.1. The highest BCUT2D eigenvalue weighted by molar-refractivity contribution is 5.84. The van der Waals surface area contributed by atoms with Crippen molar-refractivity contribution >= 4 is 5.78 Å². The number of carbonyl (C=O) groups excluding carboxylic acids is 1. The summed E-state index contributed by atoms with van der Waals surface area (Å²) in [5.41, 5.74) is 5.58. The van der Waals surface area contributed by atoms with Crippen molar-refractivity contribution in [2.45, 2.75) is 71.6 Å². The maximum absolute atomic E-state index is 13.1. The number of fused-ring (bicyclic) bond motifs is 3. The molecule has 3 aliphatic carbocycles. The third kappa shape index (κ3) is 4.51. The summed E-state index contributed by atoms with van der Waals surface area (Å²) >= 11 is 0. The van der Waals surface area contributed by atoms with Crippen LogP contribution in [0.25, 0.3) is 0 Å². The first-order valence-corrected chi connectivity index (χ1v) is 11.9. The van der Waals surface area contributed by atoms with Gasteiger partial charge in [-0.05, 0) is 80.0 Å². The number of ether oxygens (including phenoxy) is 1. The van der Waals surface area contributed by atoms with Gasteiger partial charge in [0.2, 0.25) is 0 Å². The van der Waals surface area contributed by atoms with E-state index in [4.69, 9.17) is 16.3 Å². The van der Waals surface area contributed by atoms with Gasteiger partial charge < -0.3 is 15.5 Å². The molecule has 0 aliphatic heterocycles. The van der Waals surface area contributed by atoms with E-state index >= 15 is 0 Å². The second-order valence-corrected chi connectivity index (χ2v) is 10.2. The number of nitrogens with zero attached hydrogens (tertiary/aromatic N) is 1. The Hall–Kier alpha value is -1.07. The zero-order valence-electron chi connectivity index (χ0n) is 18.8. The summed E-state index contributed by atoms with van der Waals surface area (Å²) in [5, 5.41) is 1.43. The Bertz CT molecular complexity index is 580. The van der Waals surface area contributed by atoms with E-state index in [0.717, 1.165) is 36.7 Å². The lowest BCUT2D eigenvalue weighted by Gasteiger charge is -2.54. The molecule has 0 heterocycles. The number of nitrogens with two attached hydrogens (primary N) is 2. The number of hydrazine groups is 1. The summed E-state index contributed by atoms with van der Waals surface area (Å²) in [6.07, 6.45) is 14.3. The van der Waals surface area contributed by atoms with Crippen LogP contribution < -0.4 is 11.6 Å². The Morgan fingerprint density at radius 3 is 2.66 bits per heavy atom. The van der Waals surface area contributed by atoms with E-state index < -0.39 is 0 Å². The van der Waals surface area contributed by atoms with Crippen LogP contribution in [0.4, 0.5) is 0 Å². The van der Waals surface area contributed by atoms with Crippen LogP contribution in [0.5, 0.6) is 0 Å². The van der Waals surface area contributed by atoms with Crippen LogP contribution in [0, 0.1) is 40.9 Å². The van der Waals surface area contributed by atoms with Gasteiger partial charge in [-0.1, -0.05) is 26.7 Å². The van der Waals surface area contributed by atoms with Gasteiger partial charge in [-0.15, -0.1) is 0 Å². The van der Waals surface area contributed by atoms with Crippen LogP contribution in [0.3, 0.4) is 0 Å². The van der Waals surface area contributed by atoms with Crippen LogP contribution in [0.1, 0.15) is 71.6 Å². The minimum atomic E-state index is 0.154. The van der Waals surface area contributed by atoms with Crippen molar-refractivity contribution in [3.05, 3.63) is 12.4 Å². The average molecular weight is 406 g/mol. The Balaban J connectivity index is 1.72. The Morgan fingerprint density at radius 1 is 1.17 bits per heavy atom. The van der Waals surface area contributed by atoms with Crippen molar-refractivity contribution in [2.24, 2.45) is 52.5 Å². The molecule has 0 bridgehead atoms. The average Bonchev–Trinajstić information content (AvgIpc) is 3.05. The number of hydrogen-bond donors (Lipinski definition) is 2. The number of rotatable bonds is 9. The van der Waals surface area contributed by atoms with Crippen LogP contribution in [-0.2, 0) is 9.53 Å². The molecule has 166 valence electrons. The lowest BCUT2D eigenvalue weighted by Crippen LogP contribution is -2.49. The predicted octanol–water partition coefficient (Wildman–Crippen LogP) is 4.08. The third-order valence-corrected chi connectivity index (χ3v) is 8.84. The minimum Gasteiger partial charge on any atom is -0.403 e. The number of Topliss-reactive ketones (excluding diaryl/α,β-unsaturated/α-hetero) is 1. The smallest absolute Gasteiger partial charge is 0.157 e. The van der Waals surface area contributed by atoms with Crippen molar-refractivity contribution in [3.8, 4) is 0 Å². The van der Waals surface area contributed by atoms with Crippen LogP contribution in [-0.4, -0.2) is 31.1 Å². The Kier molecular flexibility index (Phi) is 7.66. The van der Waals surface area contributed by atoms with E-state index in [1.165, 1.54) is 62.6 Å². The largest absolute Gasteiger partial charge is 0.403 e. The molecule has 7 atom stereocenters. The fourth-order valence-electron chi connectivity index (χ4n) is 7.63. The van der Waals surface area contributed by atoms with Gasteiger partial charge in [-0.2, -0.15) is 0 Å². The minimum absolute atomic E-state index is 0.154. The maximum atomic E-state index is 13.1. The molecule has 0 aromatic carbocycles. The van der Waals surface area contributed by atoms with E-state index in [9.17, 15) is 4.79 Å². The van der Waals surface area contributed by atoms with Gasteiger partial charge in [0.05, 0.1) is 6.54 Å². The van der Waals surface area contributed by atoms with Gasteiger partial charge >= 0.3 is 0 Å².